The minimum atomic E-state index is -0.851. The summed E-state index contributed by atoms with van der Waals surface area (Å²) in [6.07, 6.45) is 0. The summed E-state index contributed by atoms with van der Waals surface area (Å²) >= 11 is 0. The smallest absolute Gasteiger partial charge is 0.295 e. The maximum atomic E-state index is 13.0. The molecule has 1 fully saturated rings. The van der Waals surface area contributed by atoms with Crippen molar-refractivity contribution >= 4 is 17.4 Å². The summed E-state index contributed by atoms with van der Waals surface area (Å²) in [5, 5.41) is 20.0. The lowest BCUT2D eigenvalue weighted by Crippen LogP contribution is -2.33. The molecule has 1 amide bonds. The third-order valence-corrected chi connectivity index (χ3v) is 5.12. The highest BCUT2D eigenvalue weighted by Gasteiger charge is 2.46. The second-order valence-corrected chi connectivity index (χ2v) is 7.03. The van der Waals surface area contributed by atoms with Crippen LogP contribution in [0.1, 0.15) is 24.1 Å². The Morgan fingerprint density at radius 1 is 1.06 bits per heavy atom. The first kappa shape index (κ1) is 23.3. The number of amides is 1. The van der Waals surface area contributed by atoms with E-state index in [4.69, 9.17) is 19.3 Å². The number of aliphatic hydroxyl groups is 2. The minimum Gasteiger partial charge on any atom is -0.507 e. The van der Waals surface area contributed by atoms with E-state index in [0.717, 1.165) is 0 Å². The Labute approximate surface area is 186 Å². The summed E-state index contributed by atoms with van der Waals surface area (Å²) in [6.45, 7) is 2.58. The first-order chi connectivity index (χ1) is 15.5. The number of nitrogens with zero attached hydrogens (tertiary/aromatic N) is 1. The van der Waals surface area contributed by atoms with E-state index in [9.17, 15) is 14.7 Å². The van der Waals surface area contributed by atoms with Crippen LogP contribution in [-0.2, 0) is 14.3 Å². The van der Waals surface area contributed by atoms with Crippen molar-refractivity contribution < 1.29 is 34.0 Å². The van der Waals surface area contributed by atoms with Gasteiger partial charge in [0.15, 0.2) is 0 Å². The minimum absolute atomic E-state index is 0.0224. The van der Waals surface area contributed by atoms with E-state index in [1.165, 1.54) is 12.0 Å². The van der Waals surface area contributed by atoms with Gasteiger partial charge in [-0.05, 0) is 37.3 Å². The predicted molar refractivity (Wildman–Crippen MR) is 118 cm³/mol. The fraction of sp³-hybridized carbons (Fsp3) is 0.333. The van der Waals surface area contributed by atoms with Crippen LogP contribution in [0, 0.1) is 0 Å². The molecule has 0 aromatic heterocycles. The van der Waals surface area contributed by atoms with Crippen LogP contribution in [0.5, 0.6) is 11.5 Å². The highest BCUT2D eigenvalue weighted by atomic mass is 16.5. The van der Waals surface area contributed by atoms with Crippen LogP contribution < -0.4 is 9.47 Å². The van der Waals surface area contributed by atoms with Gasteiger partial charge in [-0.15, -0.1) is 0 Å². The maximum absolute atomic E-state index is 13.0. The number of benzene rings is 2. The van der Waals surface area contributed by atoms with Crippen molar-refractivity contribution in [2.45, 2.75) is 13.0 Å². The molecule has 2 aromatic carbocycles. The van der Waals surface area contributed by atoms with Gasteiger partial charge in [0.05, 0.1) is 45.2 Å². The van der Waals surface area contributed by atoms with E-state index in [1.54, 1.807) is 48.5 Å². The molecular formula is C24H27NO7. The first-order valence-electron chi connectivity index (χ1n) is 10.4. The fourth-order valence-electron chi connectivity index (χ4n) is 3.69. The molecule has 2 N–H and O–H groups in total. The number of carbonyl (C=O) groups is 2. The summed E-state index contributed by atoms with van der Waals surface area (Å²) in [7, 11) is 1.50. The number of ether oxygens (including phenoxy) is 3. The van der Waals surface area contributed by atoms with E-state index in [1.807, 2.05) is 6.92 Å². The molecule has 1 aliphatic rings. The summed E-state index contributed by atoms with van der Waals surface area (Å²) in [4.78, 5) is 27.3. The van der Waals surface area contributed by atoms with Crippen LogP contribution in [0.2, 0.25) is 0 Å². The normalized spacial score (nSPS) is 17.6. The van der Waals surface area contributed by atoms with Gasteiger partial charge in [0.1, 0.15) is 17.3 Å². The van der Waals surface area contributed by atoms with Crippen molar-refractivity contribution in [3.05, 3.63) is 65.2 Å². The summed E-state index contributed by atoms with van der Waals surface area (Å²) in [6, 6.07) is 12.8. The lowest BCUT2D eigenvalue weighted by Gasteiger charge is -2.26. The molecular weight excluding hydrogens is 414 g/mol. The van der Waals surface area contributed by atoms with E-state index in [0.29, 0.717) is 29.2 Å². The topological polar surface area (TPSA) is 106 Å². The molecule has 1 atom stereocenters. The van der Waals surface area contributed by atoms with Crippen molar-refractivity contribution in [3.8, 4) is 11.5 Å². The standard InChI is InChI=1S/C24H27NO7/c1-3-32-17-10-8-16(9-11-17)22(27)20-21(18-6-4-5-7-19(18)30-2)25(24(29)23(20)28)12-14-31-15-13-26/h4-11,21,26-27H,3,12-15H2,1-2H3/t21-/m1/s1. The predicted octanol–water partition coefficient (Wildman–Crippen LogP) is 2.52. The summed E-state index contributed by atoms with van der Waals surface area (Å²) in [5.41, 5.74) is 0.942. The van der Waals surface area contributed by atoms with Crippen LogP contribution in [-0.4, -0.2) is 66.9 Å². The SMILES string of the molecule is CCOc1ccc(C(O)=C2C(=O)C(=O)N(CCOCCO)[C@@H]2c2ccccc2OC)cc1. The Morgan fingerprint density at radius 2 is 1.78 bits per heavy atom. The highest BCUT2D eigenvalue weighted by molar-refractivity contribution is 6.46. The number of ketones is 1. The van der Waals surface area contributed by atoms with E-state index >= 15 is 0 Å². The van der Waals surface area contributed by atoms with Gasteiger partial charge in [-0.25, -0.2) is 0 Å². The van der Waals surface area contributed by atoms with Crippen LogP contribution >= 0.6 is 0 Å². The molecule has 3 rings (SSSR count). The van der Waals surface area contributed by atoms with Gasteiger partial charge in [0.2, 0.25) is 0 Å². The second kappa shape index (κ2) is 10.8. The number of para-hydroxylation sites is 1. The molecule has 0 aliphatic carbocycles. The van der Waals surface area contributed by atoms with Crippen LogP contribution in [0.4, 0.5) is 0 Å². The number of methoxy groups -OCH3 is 1. The molecule has 1 saturated heterocycles. The largest absolute Gasteiger partial charge is 0.507 e. The Kier molecular flexibility index (Phi) is 7.86. The Morgan fingerprint density at radius 3 is 2.44 bits per heavy atom. The van der Waals surface area contributed by atoms with Crippen LogP contribution in [0.15, 0.2) is 54.1 Å². The lowest BCUT2D eigenvalue weighted by atomic mass is 9.94. The lowest BCUT2D eigenvalue weighted by molar-refractivity contribution is -0.140. The summed E-state index contributed by atoms with van der Waals surface area (Å²) < 4.78 is 16.2. The fourth-order valence-corrected chi connectivity index (χ4v) is 3.69. The third kappa shape index (κ3) is 4.76. The molecule has 170 valence electrons. The monoisotopic (exact) mass is 441 g/mol. The molecule has 32 heavy (non-hydrogen) atoms. The number of aliphatic hydroxyl groups excluding tert-OH is 2. The Balaban J connectivity index is 2.07. The van der Waals surface area contributed by atoms with E-state index < -0.39 is 17.7 Å². The van der Waals surface area contributed by atoms with Gasteiger partial charge in [0, 0.05) is 17.7 Å². The second-order valence-electron chi connectivity index (χ2n) is 7.03. The molecule has 8 heteroatoms. The molecule has 1 heterocycles. The molecule has 1 aliphatic heterocycles. The van der Waals surface area contributed by atoms with Crippen molar-refractivity contribution in [2.24, 2.45) is 0 Å². The van der Waals surface area contributed by atoms with Crippen molar-refractivity contribution in [1.82, 2.24) is 4.90 Å². The molecule has 0 bridgehead atoms. The van der Waals surface area contributed by atoms with Crippen LogP contribution in [0.25, 0.3) is 5.76 Å². The first-order valence-corrected chi connectivity index (χ1v) is 10.4. The van der Waals surface area contributed by atoms with E-state index in [2.05, 4.69) is 0 Å². The zero-order chi connectivity index (χ0) is 23.1. The van der Waals surface area contributed by atoms with Gasteiger partial charge in [0.25, 0.3) is 11.7 Å². The maximum Gasteiger partial charge on any atom is 0.295 e. The number of rotatable bonds is 10. The average molecular weight is 441 g/mol. The molecule has 8 nitrogen and oxygen atoms in total. The van der Waals surface area contributed by atoms with Gasteiger partial charge in [-0.2, -0.15) is 0 Å². The molecule has 2 aromatic rings. The van der Waals surface area contributed by atoms with Gasteiger partial charge in [-0.3, -0.25) is 9.59 Å². The van der Waals surface area contributed by atoms with Gasteiger partial charge < -0.3 is 29.3 Å². The third-order valence-electron chi connectivity index (χ3n) is 5.12. The Bertz CT molecular complexity index is 984. The molecule has 0 saturated carbocycles. The zero-order valence-electron chi connectivity index (χ0n) is 18.1. The van der Waals surface area contributed by atoms with E-state index in [-0.39, 0.29) is 37.7 Å². The average Bonchev–Trinajstić information content (AvgIpc) is 3.06. The van der Waals surface area contributed by atoms with Crippen molar-refractivity contribution in [1.29, 1.82) is 0 Å². The van der Waals surface area contributed by atoms with Crippen molar-refractivity contribution in [2.75, 3.05) is 40.1 Å². The zero-order valence-corrected chi connectivity index (χ0v) is 18.1. The molecule has 0 radical (unpaired) electrons. The number of hydrogen-bond donors (Lipinski definition) is 2. The molecule has 0 spiro atoms. The van der Waals surface area contributed by atoms with Gasteiger partial charge in [-0.1, -0.05) is 18.2 Å². The molecule has 0 unspecified atom stereocenters. The Hall–Kier alpha value is -3.36. The number of Topliss-reactive ketones (excluding diaryl/α,β-unsaturated/α-hetero) is 1. The number of carbonyl (C=O) groups excluding carboxylic acids is 2. The van der Waals surface area contributed by atoms with Crippen molar-refractivity contribution in [3.63, 3.8) is 0 Å². The quantitative estimate of drug-likeness (QED) is 0.253. The van der Waals surface area contributed by atoms with Gasteiger partial charge >= 0.3 is 0 Å². The van der Waals surface area contributed by atoms with Crippen LogP contribution in [0.3, 0.4) is 0 Å². The number of likely N-dealkylation sites (tertiary alicyclic amines) is 1. The summed E-state index contributed by atoms with van der Waals surface area (Å²) in [5.74, 6) is -0.679. The highest BCUT2D eigenvalue weighted by Crippen LogP contribution is 2.42. The number of hydrogen-bond acceptors (Lipinski definition) is 7.